The van der Waals surface area contributed by atoms with Crippen molar-refractivity contribution in [2.24, 2.45) is 0 Å². The van der Waals surface area contributed by atoms with Gasteiger partial charge in [0.15, 0.2) is 23.1 Å². The van der Waals surface area contributed by atoms with E-state index in [1.165, 1.54) is 12.1 Å². The van der Waals surface area contributed by atoms with Crippen molar-refractivity contribution in [1.29, 1.82) is 0 Å². The third kappa shape index (κ3) is 3.49. The molecular weight excluding hydrogens is 392 g/mol. The van der Waals surface area contributed by atoms with Gasteiger partial charge in [0.25, 0.3) is 5.56 Å². The molecule has 1 N–H and O–H groups in total. The summed E-state index contributed by atoms with van der Waals surface area (Å²) in [5.74, 6) is -0.346. The lowest BCUT2D eigenvalue weighted by molar-refractivity contribution is 0.355. The number of aromatic nitrogens is 2. The van der Waals surface area contributed by atoms with Crippen LogP contribution in [0.25, 0.3) is 0 Å². The van der Waals surface area contributed by atoms with Gasteiger partial charge in [-0.1, -0.05) is 6.07 Å². The first kappa shape index (κ1) is 19.9. The van der Waals surface area contributed by atoms with Crippen molar-refractivity contribution >= 4 is 11.6 Å². The maximum atomic E-state index is 13.8. The van der Waals surface area contributed by atoms with Gasteiger partial charge in [-0.25, -0.2) is 8.78 Å². The number of fused-ring (bicyclic) bond motifs is 1. The molecule has 0 fully saturated rings. The first-order valence-electron chi connectivity index (χ1n) is 9.48. The van der Waals surface area contributed by atoms with Crippen molar-refractivity contribution in [3.63, 3.8) is 0 Å². The molecule has 4 rings (SSSR count). The molecule has 30 heavy (non-hydrogen) atoms. The maximum Gasteiger partial charge on any atom is 0.274 e. The molecule has 1 aliphatic heterocycles. The van der Waals surface area contributed by atoms with Gasteiger partial charge in [-0.3, -0.25) is 4.79 Å². The number of rotatable bonds is 5. The van der Waals surface area contributed by atoms with Gasteiger partial charge >= 0.3 is 0 Å². The highest BCUT2D eigenvalue weighted by molar-refractivity contribution is 5.65. The lowest BCUT2D eigenvalue weighted by atomic mass is 10.0. The Morgan fingerprint density at radius 1 is 1.07 bits per heavy atom. The van der Waals surface area contributed by atoms with Gasteiger partial charge in [0.05, 0.1) is 20.3 Å². The normalized spacial score (nSPS) is 15.0. The minimum absolute atomic E-state index is 0.272. The molecule has 1 aromatic heterocycles. The molecule has 0 aliphatic carbocycles. The highest BCUT2D eigenvalue weighted by Gasteiger charge is 2.27. The summed E-state index contributed by atoms with van der Waals surface area (Å²) in [6.45, 7) is 1.89. The zero-order valence-electron chi connectivity index (χ0n) is 16.8. The van der Waals surface area contributed by atoms with Crippen LogP contribution in [0.5, 0.6) is 11.5 Å². The Balaban J connectivity index is 1.79. The molecule has 3 aromatic rings. The minimum Gasteiger partial charge on any atom is -0.493 e. The predicted molar refractivity (Wildman–Crippen MR) is 109 cm³/mol. The SMILES string of the molecule is COc1cc(C)c(Nc2nc(=O)cc3n2C(c2ccc(F)c(F)c2)CC3)cc1OC. The molecule has 0 saturated heterocycles. The third-order valence-corrected chi connectivity index (χ3v) is 5.33. The van der Waals surface area contributed by atoms with Crippen LogP contribution in [0.1, 0.15) is 29.3 Å². The van der Waals surface area contributed by atoms with Crippen LogP contribution < -0.4 is 20.3 Å². The van der Waals surface area contributed by atoms with Crippen LogP contribution in [-0.4, -0.2) is 23.8 Å². The van der Waals surface area contributed by atoms with Gasteiger partial charge in [0, 0.05) is 23.5 Å². The van der Waals surface area contributed by atoms with E-state index >= 15 is 0 Å². The molecule has 2 heterocycles. The number of nitrogens with one attached hydrogen (secondary N) is 1. The molecule has 8 heteroatoms. The van der Waals surface area contributed by atoms with Crippen LogP contribution in [0.3, 0.4) is 0 Å². The average Bonchev–Trinajstić information content (AvgIpc) is 3.15. The summed E-state index contributed by atoms with van der Waals surface area (Å²) in [6, 6.07) is 8.66. The Kier molecular flexibility index (Phi) is 5.15. The summed E-state index contributed by atoms with van der Waals surface area (Å²) in [5, 5.41) is 3.21. The first-order valence-corrected chi connectivity index (χ1v) is 9.48. The monoisotopic (exact) mass is 413 g/mol. The van der Waals surface area contributed by atoms with Crippen molar-refractivity contribution in [3.05, 3.63) is 75.2 Å². The number of nitrogens with zero attached hydrogens (tertiary/aromatic N) is 2. The smallest absolute Gasteiger partial charge is 0.274 e. The molecule has 6 nitrogen and oxygen atoms in total. The molecule has 2 aromatic carbocycles. The second kappa shape index (κ2) is 7.78. The van der Waals surface area contributed by atoms with Crippen LogP contribution in [0.15, 0.2) is 41.2 Å². The molecule has 0 bridgehead atoms. The first-order chi connectivity index (χ1) is 14.4. The van der Waals surface area contributed by atoms with E-state index in [1.807, 2.05) is 17.6 Å². The number of anilines is 2. The van der Waals surface area contributed by atoms with Crippen molar-refractivity contribution in [2.45, 2.75) is 25.8 Å². The quantitative estimate of drug-likeness (QED) is 0.682. The molecule has 0 radical (unpaired) electrons. The number of benzene rings is 2. The van der Waals surface area contributed by atoms with Gasteiger partial charge in [0.2, 0.25) is 5.95 Å². The molecule has 1 aliphatic rings. The van der Waals surface area contributed by atoms with E-state index in [-0.39, 0.29) is 11.6 Å². The Labute approximate surface area is 172 Å². The van der Waals surface area contributed by atoms with E-state index in [4.69, 9.17) is 9.47 Å². The Bertz CT molecular complexity index is 1180. The zero-order valence-corrected chi connectivity index (χ0v) is 16.8. The number of aryl methyl sites for hydroxylation is 2. The zero-order chi connectivity index (χ0) is 21.4. The van der Waals surface area contributed by atoms with E-state index in [9.17, 15) is 13.6 Å². The van der Waals surface area contributed by atoms with E-state index in [2.05, 4.69) is 10.3 Å². The predicted octanol–water partition coefficient (Wildman–Crippen LogP) is 4.13. The van der Waals surface area contributed by atoms with Crippen LogP contribution in [0.4, 0.5) is 20.4 Å². The van der Waals surface area contributed by atoms with Crippen LogP contribution >= 0.6 is 0 Å². The largest absolute Gasteiger partial charge is 0.493 e. The summed E-state index contributed by atoms with van der Waals surface area (Å²) in [7, 11) is 3.10. The lowest BCUT2D eigenvalue weighted by Crippen LogP contribution is -2.19. The second-order valence-electron chi connectivity index (χ2n) is 7.15. The number of hydrogen-bond donors (Lipinski definition) is 1. The topological polar surface area (TPSA) is 65.4 Å². The fourth-order valence-corrected chi connectivity index (χ4v) is 3.85. The van der Waals surface area contributed by atoms with Gasteiger partial charge in [-0.05, 0) is 49.1 Å². The summed E-state index contributed by atoms with van der Waals surface area (Å²) in [4.78, 5) is 16.3. The minimum atomic E-state index is -0.903. The Morgan fingerprint density at radius 2 is 1.80 bits per heavy atom. The fourth-order valence-electron chi connectivity index (χ4n) is 3.85. The van der Waals surface area contributed by atoms with Crippen molar-refractivity contribution in [1.82, 2.24) is 9.55 Å². The van der Waals surface area contributed by atoms with Gasteiger partial charge < -0.3 is 19.4 Å². The Morgan fingerprint density at radius 3 is 2.50 bits per heavy atom. The molecule has 1 atom stereocenters. The summed E-state index contributed by atoms with van der Waals surface area (Å²) >= 11 is 0. The second-order valence-corrected chi connectivity index (χ2v) is 7.15. The van der Waals surface area contributed by atoms with Crippen LogP contribution in [0.2, 0.25) is 0 Å². The van der Waals surface area contributed by atoms with E-state index in [1.54, 1.807) is 26.4 Å². The molecule has 156 valence electrons. The summed E-state index contributed by atoms with van der Waals surface area (Å²) in [6.07, 6.45) is 1.27. The van der Waals surface area contributed by atoms with E-state index in [0.29, 0.717) is 41.5 Å². The van der Waals surface area contributed by atoms with Crippen molar-refractivity contribution in [2.75, 3.05) is 19.5 Å². The average molecular weight is 413 g/mol. The molecule has 1 unspecified atom stereocenters. The summed E-state index contributed by atoms with van der Waals surface area (Å²) < 4.78 is 39.8. The maximum absolute atomic E-state index is 13.8. The van der Waals surface area contributed by atoms with Crippen LogP contribution in [-0.2, 0) is 6.42 Å². The van der Waals surface area contributed by atoms with E-state index in [0.717, 1.165) is 17.3 Å². The highest BCUT2D eigenvalue weighted by Crippen LogP contribution is 2.37. The highest BCUT2D eigenvalue weighted by atomic mass is 19.2. The lowest BCUT2D eigenvalue weighted by Gasteiger charge is -2.21. The van der Waals surface area contributed by atoms with Crippen molar-refractivity contribution in [3.8, 4) is 11.5 Å². The van der Waals surface area contributed by atoms with Gasteiger partial charge in [0.1, 0.15) is 0 Å². The number of halogens is 2. The van der Waals surface area contributed by atoms with Gasteiger partial charge in [-0.15, -0.1) is 0 Å². The molecule has 0 saturated carbocycles. The number of methoxy groups -OCH3 is 2. The number of ether oxygens (including phenoxy) is 2. The van der Waals surface area contributed by atoms with Crippen molar-refractivity contribution < 1.29 is 18.3 Å². The van der Waals surface area contributed by atoms with E-state index < -0.39 is 11.6 Å². The molecule has 0 amide bonds. The number of hydrogen-bond acceptors (Lipinski definition) is 5. The fraction of sp³-hybridized carbons (Fsp3) is 0.273. The molecular formula is C22H21F2N3O3. The summed E-state index contributed by atoms with van der Waals surface area (Å²) in [5.41, 5.74) is 2.59. The Hall–Kier alpha value is -3.42. The van der Waals surface area contributed by atoms with Crippen LogP contribution in [0, 0.1) is 18.6 Å². The third-order valence-electron chi connectivity index (χ3n) is 5.33. The van der Waals surface area contributed by atoms with Gasteiger partial charge in [-0.2, -0.15) is 4.98 Å². The molecule has 0 spiro atoms. The standard InChI is InChI=1S/C22H21F2N3O3/c1-12-8-19(29-2)20(30-3)11-17(12)25-22-26-21(28)10-14-5-7-18(27(14)22)13-4-6-15(23)16(24)9-13/h4,6,8-11,18H,5,7H2,1-3H3,(H,25,26,28).